The lowest BCUT2D eigenvalue weighted by Crippen LogP contribution is -2.75. The molecule has 4 aliphatic carbocycles. The van der Waals surface area contributed by atoms with Gasteiger partial charge in [0.1, 0.15) is 10.8 Å². The fourth-order valence-corrected chi connectivity index (χ4v) is 6.06. The van der Waals surface area contributed by atoms with Gasteiger partial charge in [-0.15, -0.1) is 0 Å². The van der Waals surface area contributed by atoms with Crippen molar-refractivity contribution in [3.63, 3.8) is 0 Å². The molecule has 0 amide bonds. The second-order valence-electron chi connectivity index (χ2n) is 9.20. The Morgan fingerprint density at radius 3 is 2.61 bits per heavy atom. The average molecular weight is 395 g/mol. The fraction of sp³-hybridized carbons (Fsp3) is 0.458. The first-order valence-corrected chi connectivity index (χ1v) is 10.7. The predicted molar refractivity (Wildman–Crippen MR) is 112 cm³/mol. The molecule has 2 aromatic rings. The van der Waals surface area contributed by atoms with Crippen LogP contribution >= 0.6 is 11.6 Å². The second-order valence-corrected chi connectivity index (χ2v) is 9.59. The van der Waals surface area contributed by atoms with E-state index >= 15 is 0 Å². The summed E-state index contributed by atoms with van der Waals surface area (Å²) in [5, 5.41) is 15.9. The molecule has 4 fully saturated rings. The largest absolute Gasteiger partial charge is 0.385 e. The van der Waals surface area contributed by atoms with Crippen LogP contribution in [0.4, 0.5) is 0 Å². The Morgan fingerprint density at radius 2 is 1.89 bits per heavy atom. The maximum Gasteiger partial charge on any atom is 0.129 e. The molecule has 2 atom stereocenters. The molecule has 0 aliphatic heterocycles. The van der Waals surface area contributed by atoms with Gasteiger partial charge in [0.05, 0.1) is 0 Å². The van der Waals surface area contributed by atoms with Crippen molar-refractivity contribution in [3.8, 4) is 0 Å². The number of hydrogen-bond acceptors (Lipinski definition) is 3. The van der Waals surface area contributed by atoms with E-state index in [-0.39, 0.29) is 11.5 Å². The van der Waals surface area contributed by atoms with Crippen LogP contribution in [-0.2, 0) is 11.0 Å². The number of pyridine rings is 1. The molecule has 3 nitrogen and oxygen atoms in total. The molecule has 0 saturated heterocycles. The lowest BCUT2D eigenvalue weighted by atomic mass is 9.37. The van der Waals surface area contributed by atoms with Crippen molar-refractivity contribution in [2.45, 2.75) is 62.0 Å². The molecule has 2 unspecified atom stereocenters. The van der Waals surface area contributed by atoms with Crippen LogP contribution < -0.4 is 5.32 Å². The second kappa shape index (κ2) is 6.33. The van der Waals surface area contributed by atoms with E-state index < -0.39 is 5.60 Å². The van der Waals surface area contributed by atoms with Gasteiger partial charge in [-0.1, -0.05) is 48.9 Å². The zero-order chi connectivity index (χ0) is 19.4. The van der Waals surface area contributed by atoms with E-state index in [9.17, 15) is 5.11 Å². The van der Waals surface area contributed by atoms with Crippen LogP contribution in [0.15, 0.2) is 60.4 Å². The number of rotatable bonds is 4. The minimum atomic E-state index is -0.974. The Kier molecular flexibility index (Phi) is 4.12. The van der Waals surface area contributed by atoms with E-state index in [2.05, 4.69) is 53.8 Å². The third-order valence-corrected chi connectivity index (χ3v) is 7.63. The molecular formula is C24H27ClN2O. The molecule has 1 heterocycles. The van der Waals surface area contributed by atoms with Gasteiger partial charge < -0.3 is 10.4 Å². The number of hydrogen-bond donors (Lipinski definition) is 2. The lowest BCUT2D eigenvalue weighted by Gasteiger charge is -2.71. The van der Waals surface area contributed by atoms with Crippen LogP contribution in [0.25, 0.3) is 0 Å². The summed E-state index contributed by atoms with van der Waals surface area (Å²) in [6.45, 7) is 2.13. The van der Waals surface area contributed by atoms with Gasteiger partial charge >= 0.3 is 0 Å². The minimum Gasteiger partial charge on any atom is -0.385 e. The highest BCUT2D eigenvalue weighted by atomic mass is 35.5. The fourth-order valence-electron chi connectivity index (χ4n) is 5.89. The summed E-state index contributed by atoms with van der Waals surface area (Å²) < 4.78 is 0. The summed E-state index contributed by atoms with van der Waals surface area (Å²) in [6, 6.07) is 14.6. The minimum absolute atomic E-state index is 0.149. The van der Waals surface area contributed by atoms with Gasteiger partial charge in [0.2, 0.25) is 0 Å². The van der Waals surface area contributed by atoms with Crippen LogP contribution in [0.1, 0.15) is 56.6 Å². The van der Waals surface area contributed by atoms with Crippen molar-refractivity contribution in [2.24, 2.45) is 5.92 Å². The summed E-state index contributed by atoms with van der Waals surface area (Å²) in [5.74, 6) is 0.149. The van der Waals surface area contributed by atoms with Crippen LogP contribution in [0.3, 0.4) is 0 Å². The van der Waals surface area contributed by atoms with Crippen LogP contribution in [0, 0.1) is 5.92 Å². The Hall–Kier alpha value is -1.84. The highest BCUT2D eigenvalue weighted by molar-refractivity contribution is 6.29. The Balaban J connectivity index is 1.36. The number of benzene rings is 1. The van der Waals surface area contributed by atoms with Gasteiger partial charge in [0.15, 0.2) is 0 Å². The van der Waals surface area contributed by atoms with Gasteiger partial charge in [0, 0.05) is 17.2 Å². The standard InChI is InChI=1S/C24H27ClN2O/c1-17-6-5-9-20(24(17,28)19-10-11-26-21(25)12-19)13-27-23-14-22(15-23,16-23)18-7-3-2-4-8-18/h2-4,7-8,10-13,17,27-28H,5-6,9,14-16H2,1H3/b20-13+. The summed E-state index contributed by atoms with van der Waals surface area (Å²) in [4.78, 5) is 4.09. The van der Waals surface area contributed by atoms with E-state index in [1.807, 2.05) is 12.1 Å². The van der Waals surface area contributed by atoms with Gasteiger partial charge in [-0.2, -0.15) is 0 Å². The van der Waals surface area contributed by atoms with Crippen molar-refractivity contribution in [1.29, 1.82) is 0 Å². The lowest BCUT2D eigenvalue weighted by molar-refractivity contribution is -0.0802. The monoisotopic (exact) mass is 394 g/mol. The molecule has 146 valence electrons. The van der Waals surface area contributed by atoms with E-state index in [1.54, 1.807) is 6.20 Å². The molecule has 1 aromatic heterocycles. The summed E-state index contributed by atoms with van der Waals surface area (Å²) >= 11 is 6.13. The quantitative estimate of drug-likeness (QED) is 0.710. The molecule has 1 aromatic carbocycles. The number of aromatic nitrogens is 1. The number of nitrogens with one attached hydrogen (secondary N) is 1. The van der Waals surface area contributed by atoms with Crippen molar-refractivity contribution < 1.29 is 5.11 Å². The van der Waals surface area contributed by atoms with Crippen molar-refractivity contribution in [3.05, 3.63) is 76.7 Å². The predicted octanol–water partition coefficient (Wildman–Crippen LogP) is 5.09. The van der Waals surface area contributed by atoms with Gasteiger partial charge in [0.25, 0.3) is 0 Å². The van der Waals surface area contributed by atoms with Crippen molar-refractivity contribution in [1.82, 2.24) is 10.3 Å². The Bertz CT molecular complexity index is 905. The highest BCUT2D eigenvalue weighted by Gasteiger charge is 2.68. The average Bonchev–Trinajstić information content (AvgIpc) is 2.64. The van der Waals surface area contributed by atoms with Crippen LogP contribution in [0.5, 0.6) is 0 Å². The summed E-state index contributed by atoms with van der Waals surface area (Å²) in [6.07, 6.45) is 10.4. The topological polar surface area (TPSA) is 45.1 Å². The van der Waals surface area contributed by atoms with E-state index in [4.69, 9.17) is 11.6 Å². The first-order chi connectivity index (χ1) is 13.5. The van der Waals surface area contributed by atoms with Crippen LogP contribution in [-0.4, -0.2) is 15.6 Å². The number of halogens is 1. The molecule has 2 N–H and O–H groups in total. The molecule has 4 aliphatic rings. The SMILES string of the molecule is CC1CCC/C(=C\NC23CC(c4ccccc4)(C2)C3)C1(O)c1ccnc(Cl)c1. The van der Waals surface area contributed by atoms with E-state index in [0.29, 0.717) is 10.6 Å². The smallest absolute Gasteiger partial charge is 0.129 e. The zero-order valence-corrected chi connectivity index (χ0v) is 17.0. The van der Waals surface area contributed by atoms with E-state index in [0.717, 1.165) is 30.4 Å². The molecule has 4 heteroatoms. The highest BCUT2D eigenvalue weighted by Crippen LogP contribution is 2.67. The summed E-state index contributed by atoms with van der Waals surface area (Å²) in [7, 11) is 0. The van der Waals surface area contributed by atoms with Gasteiger partial charge in [-0.25, -0.2) is 4.98 Å². The Morgan fingerprint density at radius 1 is 1.14 bits per heavy atom. The number of aliphatic hydroxyl groups is 1. The normalized spacial score (nSPS) is 37.8. The third-order valence-electron chi connectivity index (χ3n) is 7.42. The zero-order valence-electron chi connectivity index (χ0n) is 16.3. The molecule has 6 rings (SSSR count). The third kappa shape index (κ3) is 2.63. The molecule has 2 bridgehead atoms. The van der Waals surface area contributed by atoms with Crippen molar-refractivity contribution in [2.75, 3.05) is 0 Å². The first kappa shape index (κ1) is 18.2. The van der Waals surface area contributed by atoms with Gasteiger partial charge in [-0.3, -0.25) is 0 Å². The van der Waals surface area contributed by atoms with Crippen LogP contribution in [0.2, 0.25) is 5.15 Å². The van der Waals surface area contributed by atoms with Gasteiger partial charge in [-0.05, 0) is 79.5 Å². The summed E-state index contributed by atoms with van der Waals surface area (Å²) in [5.41, 5.74) is 3.01. The Labute approximate surface area is 171 Å². The van der Waals surface area contributed by atoms with Crippen molar-refractivity contribution >= 4 is 11.6 Å². The van der Waals surface area contributed by atoms with E-state index in [1.165, 1.54) is 24.8 Å². The number of nitrogens with zero attached hydrogens (tertiary/aromatic N) is 1. The molecule has 0 spiro atoms. The molecule has 28 heavy (non-hydrogen) atoms. The first-order valence-electron chi connectivity index (χ1n) is 10.3. The maximum atomic E-state index is 11.7. The molecule has 4 saturated carbocycles. The molecular weight excluding hydrogens is 368 g/mol. The molecule has 0 radical (unpaired) electrons. The maximum absolute atomic E-state index is 11.7.